The van der Waals surface area contributed by atoms with Crippen molar-refractivity contribution in [1.82, 2.24) is 5.06 Å². The lowest BCUT2D eigenvalue weighted by Gasteiger charge is -2.21. The smallest absolute Gasteiger partial charge is 0.259 e. The minimum atomic E-state index is -0.409. The third-order valence-corrected chi connectivity index (χ3v) is 2.32. The van der Waals surface area contributed by atoms with Gasteiger partial charge in [0, 0.05) is 0 Å². The van der Waals surface area contributed by atoms with Gasteiger partial charge in [-0.15, -0.1) is 0 Å². The zero-order valence-corrected chi connectivity index (χ0v) is 9.20. The van der Waals surface area contributed by atoms with Crippen LogP contribution in [0.3, 0.4) is 0 Å². The third kappa shape index (κ3) is 5.19. The molecule has 0 aliphatic heterocycles. The first-order valence-corrected chi connectivity index (χ1v) is 5.34. The van der Waals surface area contributed by atoms with Gasteiger partial charge in [-0.25, -0.2) is 5.06 Å². The van der Waals surface area contributed by atoms with Crippen molar-refractivity contribution in [1.29, 1.82) is 0 Å². The van der Waals surface area contributed by atoms with E-state index >= 15 is 0 Å². The van der Waals surface area contributed by atoms with Crippen molar-refractivity contribution in [3.63, 3.8) is 0 Å². The monoisotopic (exact) mass is 202 g/mol. The highest BCUT2D eigenvalue weighted by atomic mass is 16.5. The number of unbranched alkanes of at least 4 members (excludes halogenated alkanes) is 3. The molecule has 0 radical (unpaired) electrons. The van der Waals surface area contributed by atoms with Crippen LogP contribution < -0.4 is 5.73 Å². The van der Waals surface area contributed by atoms with Crippen LogP contribution in [0.5, 0.6) is 0 Å². The Balaban J connectivity index is 3.61. The van der Waals surface area contributed by atoms with Crippen LogP contribution in [0.15, 0.2) is 0 Å². The van der Waals surface area contributed by atoms with Gasteiger partial charge in [0.05, 0.1) is 12.6 Å². The first-order valence-electron chi connectivity index (χ1n) is 5.34. The molecule has 0 fully saturated rings. The predicted octanol–water partition coefficient (Wildman–Crippen LogP) is 1.52. The van der Waals surface area contributed by atoms with Gasteiger partial charge in [-0.05, 0) is 13.3 Å². The molecule has 0 aliphatic carbocycles. The van der Waals surface area contributed by atoms with Crippen molar-refractivity contribution in [2.75, 3.05) is 6.54 Å². The number of rotatable bonds is 7. The van der Waals surface area contributed by atoms with E-state index < -0.39 is 5.91 Å². The SMILES string of the molecule is CCCCCCC(C)N(O)C(=O)CN. The van der Waals surface area contributed by atoms with Crippen molar-refractivity contribution < 1.29 is 10.0 Å². The molecule has 0 aromatic rings. The van der Waals surface area contributed by atoms with Gasteiger partial charge in [-0.2, -0.15) is 0 Å². The second kappa shape index (κ2) is 7.76. The Labute approximate surface area is 86.0 Å². The number of nitrogens with zero attached hydrogens (tertiary/aromatic N) is 1. The van der Waals surface area contributed by atoms with Crippen LogP contribution in [0, 0.1) is 0 Å². The Hall–Kier alpha value is -0.610. The summed E-state index contributed by atoms with van der Waals surface area (Å²) in [5, 5.41) is 10.1. The summed E-state index contributed by atoms with van der Waals surface area (Å²) in [4.78, 5) is 11.0. The molecule has 14 heavy (non-hydrogen) atoms. The van der Waals surface area contributed by atoms with Crippen LogP contribution >= 0.6 is 0 Å². The van der Waals surface area contributed by atoms with Crippen LogP contribution in [-0.2, 0) is 4.79 Å². The summed E-state index contributed by atoms with van der Waals surface area (Å²) in [5.41, 5.74) is 5.14. The molecule has 0 heterocycles. The fourth-order valence-corrected chi connectivity index (χ4v) is 1.33. The summed E-state index contributed by atoms with van der Waals surface area (Å²) < 4.78 is 0. The Morgan fingerprint density at radius 1 is 1.43 bits per heavy atom. The van der Waals surface area contributed by atoms with Gasteiger partial charge in [0.15, 0.2) is 0 Å². The first-order chi connectivity index (χ1) is 6.63. The maximum atomic E-state index is 11.0. The van der Waals surface area contributed by atoms with E-state index in [-0.39, 0.29) is 12.6 Å². The average molecular weight is 202 g/mol. The van der Waals surface area contributed by atoms with Crippen LogP contribution in [0.25, 0.3) is 0 Å². The van der Waals surface area contributed by atoms with Crippen molar-refractivity contribution in [3.05, 3.63) is 0 Å². The summed E-state index contributed by atoms with van der Waals surface area (Å²) in [5.74, 6) is -0.409. The summed E-state index contributed by atoms with van der Waals surface area (Å²) >= 11 is 0. The average Bonchev–Trinajstić information content (AvgIpc) is 2.21. The molecule has 1 atom stereocenters. The second-order valence-corrected chi connectivity index (χ2v) is 3.64. The Bertz CT molecular complexity index is 162. The Morgan fingerprint density at radius 3 is 2.57 bits per heavy atom. The lowest BCUT2D eigenvalue weighted by Crippen LogP contribution is -2.39. The fraction of sp³-hybridized carbons (Fsp3) is 0.900. The van der Waals surface area contributed by atoms with Crippen molar-refractivity contribution in [3.8, 4) is 0 Å². The maximum Gasteiger partial charge on any atom is 0.259 e. The van der Waals surface area contributed by atoms with Gasteiger partial charge in [-0.3, -0.25) is 10.0 Å². The molecular weight excluding hydrogens is 180 g/mol. The summed E-state index contributed by atoms with van der Waals surface area (Å²) in [6, 6.07) is -0.122. The molecule has 3 N–H and O–H groups in total. The number of amides is 1. The van der Waals surface area contributed by atoms with E-state index in [1.54, 1.807) is 0 Å². The van der Waals surface area contributed by atoms with Crippen molar-refractivity contribution >= 4 is 5.91 Å². The Kier molecular flexibility index (Phi) is 7.42. The lowest BCUT2D eigenvalue weighted by molar-refractivity contribution is -0.173. The topological polar surface area (TPSA) is 66.6 Å². The van der Waals surface area contributed by atoms with Crippen molar-refractivity contribution in [2.24, 2.45) is 5.73 Å². The molecule has 0 aromatic heterocycles. The molecule has 0 aromatic carbocycles. The van der Waals surface area contributed by atoms with Gasteiger partial charge in [-0.1, -0.05) is 32.6 Å². The molecular formula is C10H22N2O2. The number of carbonyl (C=O) groups excluding carboxylic acids is 1. The van der Waals surface area contributed by atoms with Crippen LogP contribution in [-0.4, -0.2) is 28.8 Å². The van der Waals surface area contributed by atoms with E-state index in [9.17, 15) is 10.0 Å². The molecule has 0 bridgehead atoms. The number of hydroxylamine groups is 2. The van der Waals surface area contributed by atoms with Gasteiger partial charge < -0.3 is 5.73 Å². The van der Waals surface area contributed by atoms with Crippen LogP contribution in [0.1, 0.15) is 46.0 Å². The van der Waals surface area contributed by atoms with Gasteiger partial charge in [0.25, 0.3) is 5.91 Å². The molecule has 1 amide bonds. The maximum absolute atomic E-state index is 11.0. The number of carbonyl (C=O) groups is 1. The zero-order valence-electron chi connectivity index (χ0n) is 9.20. The molecule has 0 saturated heterocycles. The number of hydrogen-bond donors (Lipinski definition) is 2. The molecule has 0 saturated carbocycles. The molecule has 4 nitrogen and oxygen atoms in total. The zero-order chi connectivity index (χ0) is 11.0. The molecule has 0 spiro atoms. The highest BCUT2D eigenvalue weighted by molar-refractivity contribution is 5.76. The minimum absolute atomic E-state index is 0.122. The number of nitrogens with two attached hydrogens (primary N) is 1. The van der Waals surface area contributed by atoms with Gasteiger partial charge in [0.1, 0.15) is 0 Å². The lowest BCUT2D eigenvalue weighted by atomic mass is 10.1. The van der Waals surface area contributed by atoms with Crippen LogP contribution in [0.2, 0.25) is 0 Å². The first kappa shape index (κ1) is 13.4. The molecule has 0 aliphatic rings. The fourth-order valence-electron chi connectivity index (χ4n) is 1.33. The third-order valence-electron chi connectivity index (χ3n) is 2.32. The van der Waals surface area contributed by atoms with E-state index in [1.807, 2.05) is 6.92 Å². The molecule has 1 unspecified atom stereocenters. The van der Waals surface area contributed by atoms with E-state index in [4.69, 9.17) is 5.73 Å². The van der Waals surface area contributed by atoms with E-state index in [0.29, 0.717) is 0 Å². The summed E-state index contributed by atoms with van der Waals surface area (Å²) in [6.07, 6.45) is 5.44. The molecule has 84 valence electrons. The van der Waals surface area contributed by atoms with E-state index in [2.05, 4.69) is 6.92 Å². The quantitative estimate of drug-likeness (QED) is 0.374. The van der Waals surface area contributed by atoms with Crippen LogP contribution in [0.4, 0.5) is 0 Å². The van der Waals surface area contributed by atoms with E-state index in [1.165, 1.54) is 12.8 Å². The highest BCUT2D eigenvalue weighted by Crippen LogP contribution is 2.09. The molecule has 4 heteroatoms. The van der Waals surface area contributed by atoms with Crippen molar-refractivity contribution in [2.45, 2.75) is 52.0 Å². The highest BCUT2D eigenvalue weighted by Gasteiger charge is 2.15. The Morgan fingerprint density at radius 2 is 2.07 bits per heavy atom. The minimum Gasteiger partial charge on any atom is -0.322 e. The predicted molar refractivity (Wildman–Crippen MR) is 55.9 cm³/mol. The standard InChI is InChI=1S/C10H22N2O2/c1-3-4-5-6-7-9(2)12(14)10(13)8-11/h9,14H,3-8,11H2,1-2H3. The summed E-state index contributed by atoms with van der Waals surface area (Å²) in [6.45, 7) is 3.86. The van der Waals surface area contributed by atoms with Gasteiger partial charge >= 0.3 is 0 Å². The number of hydrogen-bond acceptors (Lipinski definition) is 3. The van der Waals surface area contributed by atoms with E-state index in [0.717, 1.165) is 24.3 Å². The second-order valence-electron chi connectivity index (χ2n) is 3.64. The normalized spacial score (nSPS) is 12.6. The van der Waals surface area contributed by atoms with Gasteiger partial charge in [0.2, 0.25) is 0 Å². The molecule has 0 rings (SSSR count). The summed E-state index contributed by atoms with van der Waals surface area (Å²) in [7, 11) is 0. The largest absolute Gasteiger partial charge is 0.322 e.